The largest absolute Gasteiger partial charge is 0.493 e. The van der Waals surface area contributed by atoms with E-state index in [4.69, 9.17) is 4.74 Å². The van der Waals surface area contributed by atoms with Crippen LogP contribution in [0.4, 0.5) is 5.69 Å². The molecular formula is C27H35N2O2+. The molecule has 0 unspecified atom stereocenters. The van der Waals surface area contributed by atoms with Gasteiger partial charge in [0.25, 0.3) is 0 Å². The van der Waals surface area contributed by atoms with Crippen molar-refractivity contribution in [2.24, 2.45) is 0 Å². The van der Waals surface area contributed by atoms with Gasteiger partial charge in [-0.15, -0.1) is 6.58 Å². The Hall–Kier alpha value is -2.59. The van der Waals surface area contributed by atoms with Crippen molar-refractivity contribution in [1.82, 2.24) is 0 Å². The quantitative estimate of drug-likeness (QED) is 0.344. The molecule has 4 rings (SSSR count). The van der Waals surface area contributed by atoms with Crippen LogP contribution in [0.5, 0.6) is 5.75 Å². The lowest BCUT2D eigenvalue weighted by Crippen LogP contribution is -2.50. The first-order valence-corrected chi connectivity index (χ1v) is 11.6. The molecule has 4 heteroatoms. The number of benzene rings is 2. The van der Waals surface area contributed by atoms with Gasteiger partial charge in [0.05, 0.1) is 39.0 Å². The fourth-order valence-corrected chi connectivity index (χ4v) is 5.05. The Kier molecular flexibility index (Phi) is 6.77. The number of fused-ring (bicyclic) bond motifs is 1. The number of carbonyl (C=O) groups excluding carboxylic acids is 1. The van der Waals surface area contributed by atoms with Crippen LogP contribution in [0.3, 0.4) is 0 Å². The molecule has 1 fully saturated rings. The van der Waals surface area contributed by atoms with Gasteiger partial charge in [-0.2, -0.15) is 0 Å². The van der Waals surface area contributed by atoms with Crippen LogP contribution >= 0.6 is 0 Å². The summed E-state index contributed by atoms with van der Waals surface area (Å²) in [6, 6.07) is 17.1. The predicted octanol–water partition coefficient (Wildman–Crippen LogP) is 4.94. The number of rotatable bonds is 8. The zero-order chi connectivity index (χ0) is 21.7. The summed E-state index contributed by atoms with van der Waals surface area (Å²) < 4.78 is 7.22. The topological polar surface area (TPSA) is 29.5 Å². The maximum atomic E-state index is 12.3. The molecule has 2 aromatic carbocycles. The van der Waals surface area contributed by atoms with E-state index >= 15 is 0 Å². The van der Waals surface area contributed by atoms with E-state index in [0.29, 0.717) is 25.5 Å². The number of nitrogens with zero attached hydrogens (tertiary/aromatic N) is 2. The molecule has 0 bridgehead atoms. The van der Waals surface area contributed by atoms with Gasteiger partial charge in [0.1, 0.15) is 5.75 Å². The molecule has 0 aliphatic carbocycles. The van der Waals surface area contributed by atoms with Crippen molar-refractivity contribution >= 4 is 11.6 Å². The lowest BCUT2D eigenvalue weighted by molar-refractivity contribution is -0.914. The Labute approximate surface area is 186 Å². The molecule has 2 aliphatic heterocycles. The molecular weight excluding hydrogens is 384 g/mol. The summed E-state index contributed by atoms with van der Waals surface area (Å²) >= 11 is 0. The van der Waals surface area contributed by atoms with Crippen LogP contribution in [0.1, 0.15) is 42.7 Å². The second kappa shape index (κ2) is 9.69. The number of amides is 1. The van der Waals surface area contributed by atoms with E-state index in [1.807, 2.05) is 17.0 Å². The second-order valence-corrected chi connectivity index (χ2v) is 9.26. The molecule has 0 spiro atoms. The van der Waals surface area contributed by atoms with Gasteiger partial charge in [0, 0.05) is 38.3 Å². The van der Waals surface area contributed by atoms with Gasteiger partial charge >= 0.3 is 0 Å². The standard InChI is InChI=1S/C27H35N2O2/c1-3-16-28-26-21-25(12-10-24(26)11-13-27(28)30)31-20-7-17-29(2)18-14-23(15-19-29)22-8-5-4-6-9-22/h3-6,8-10,12,21,23H,1,7,11,13-20H2,2H3/q+1. The number of ether oxygens (including phenoxy) is 1. The molecule has 2 aromatic rings. The summed E-state index contributed by atoms with van der Waals surface area (Å²) in [5.41, 5.74) is 3.69. The Balaban J connectivity index is 1.27. The minimum atomic E-state index is 0.167. The summed E-state index contributed by atoms with van der Waals surface area (Å²) in [4.78, 5) is 14.1. The lowest BCUT2D eigenvalue weighted by Gasteiger charge is -2.40. The minimum absolute atomic E-state index is 0.167. The number of anilines is 1. The van der Waals surface area contributed by atoms with Crippen LogP contribution in [0, 0.1) is 0 Å². The summed E-state index contributed by atoms with van der Waals surface area (Å²) in [6.07, 6.45) is 6.73. The van der Waals surface area contributed by atoms with Crippen molar-refractivity contribution in [3.05, 3.63) is 72.3 Å². The van der Waals surface area contributed by atoms with E-state index in [-0.39, 0.29) is 5.91 Å². The Morgan fingerprint density at radius 1 is 1.13 bits per heavy atom. The maximum Gasteiger partial charge on any atom is 0.227 e. The molecule has 0 aromatic heterocycles. The van der Waals surface area contributed by atoms with Gasteiger partial charge in [-0.05, 0) is 29.5 Å². The lowest BCUT2D eigenvalue weighted by atomic mass is 9.88. The number of hydrogen-bond donors (Lipinski definition) is 0. The van der Waals surface area contributed by atoms with E-state index in [0.717, 1.165) is 35.3 Å². The number of likely N-dealkylation sites (tertiary alicyclic amines) is 1. The second-order valence-electron chi connectivity index (χ2n) is 9.26. The van der Waals surface area contributed by atoms with Crippen LogP contribution in [0.15, 0.2) is 61.2 Å². The Morgan fingerprint density at radius 3 is 2.65 bits per heavy atom. The highest BCUT2D eigenvalue weighted by molar-refractivity contribution is 5.96. The third kappa shape index (κ3) is 5.19. The fraction of sp³-hybridized carbons (Fsp3) is 0.444. The van der Waals surface area contributed by atoms with Gasteiger partial charge in [0.2, 0.25) is 5.91 Å². The third-order valence-electron chi connectivity index (χ3n) is 6.99. The van der Waals surface area contributed by atoms with Crippen molar-refractivity contribution < 1.29 is 14.0 Å². The van der Waals surface area contributed by atoms with E-state index < -0.39 is 0 Å². The summed E-state index contributed by atoms with van der Waals surface area (Å²) in [6.45, 7) is 8.67. The first-order valence-electron chi connectivity index (χ1n) is 11.6. The molecule has 0 radical (unpaired) electrons. The zero-order valence-corrected chi connectivity index (χ0v) is 18.8. The minimum Gasteiger partial charge on any atom is -0.493 e. The van der Waals surface area contributed by atoms with E-state index in [2.05, 4.69) is 50.0 Å². The molecule has 2 heterocycles. The third-order valence-corrected chi connectivity index (χ3v) is 6.99. The smallest absolute Gasteiger partial charge is 0.227 e. The van der Waals surface area contributed by atoms with Gasteiger partial charge in [-0.3, -0.25) is 4.79 Å². The monoisotopic (exact) mass is 419 g/mol. The highest BCUT2D eigenvalue weighted by Crippen LogP contribution is 2.32. The molecule has 1 amide bonds. The van der Waals surface area contributed by atoms with Crippen molar-refractivity contribution in [2.75, 3.05) is 44.7 Å². The molecule has 164 valence electrons. The van der Waals surface area contributed by atoms with E-state index in [1.54, 1.807) is 6.08 Å². The molecule has 0 N–H and O–H groups in total. The predicted molar refractivity (Wildman–Crippen MR) is 127 cm³/mol. The molecule has 2 aliphatic rings. The number of piperidine rings is 1. The SMILES string of the molecule is C=CCN1C(=O)CCc2ccc(OCCC[N+]3(C)CCC(c4ccccc4)CC3)cc21. The van der Waals surface area contributed by atoms with Crippen molar-refractivity contribution in [2.45, 2.75) is 38.0 Å². The van der Waals surface area contributed by atoms with Gasteiger partial charge in [-0.1, -0.05) is 42.5 Å². The molecule has 0 atom stereocenters. The van der Waals surface area contributed by atoms with Crippen LogP contribution in [-0.4, -0.2) is 50.2 Å². The van der Waals surface area contributed by atoms with Crippen LogP contribution in [0.2, 0.25) is 0 Å². The van der Waals surface area contributed by atoms with Crippen molar-refractivity contribution in [3.63, 3.8) is 0 Å². The van der Waals surface area contributed by atoms with Crippen molar-refractivity contribution in [1.29, 1.82) is 0 Å². The fourth-order valence-electron chi connectivity index (χ4n) is 5.05. The number of hydrogen-bond acceptors (Lipinski definition) is 2. The average Bonchev–Trinajstić information content (AvgIpc) is 2.80. The Bertz CT molecular complexity index is 901. The highest BCUT2D eigenvalue weighted by atomic mass is 16.5. The highest BCUT2D eigenvalue weighted by Gasteiger charge is 2.30. The molecule has 31 heavy (non-hydrogen) atoms. The van der Waals surface area contributed by atoms with Gasteiger partial charge in [-0.25, -0.2) is 0 Å². The van der Waals surface area contributed by atoms with Gasteiger partial charge < -0.3 is 14.1 Å². The van der Waals surface area contributed by atoms with E-state index in [9.17, 15) is 4.79 Å². The van der Waals surface area contributed by atoms with Crippen molar-refractivity contribution in [3.8, 4) is 5.75 Å². The summed E-state index contributed by atoms with van der Waals surface area (Å²) in [5, 5.41) is 0. The van der Waals surface area contributed by atoms with Crippen LogP contribution in [-0.2, 0) is 11.2 Å². The van der Waals surface area contributed by atoms with Gasteiger partial charge in [0.15, 0.2) is 0 Å². The average molecular weight is 420 g/mol. The maximum absolute atomic E-state index is 12.3. The van der Waals surface area contributed by atoms with Crippen LogP contribution in [0.25, 0.3) is 0 Å². The number of carbonyl (C=O) groups is 1. The zero-order valence-electron chi connectivity index (χ0n) is 18.8. The molecule has 4 nitrogen and oxygen atoms in total. The molecule has 1 saturated heterocycles. The number of quaternary nitrogens is 1. The van der Waals surface area contributed by atoms with Crippen LogP contribution < -0.4 is 9.64 Å². The number of aryl methyl sites for hydroxylation is 1. The summed E-state index contributed by atoms with van der Waals surface area (Å²) in [5.74, 6) is 1.73. The first kappa shape index (κ1) is 21.6. The van der Waals surface area contributed by atoms with E-state index in [1.165, 1.54) is 37.1 Å². The Morgan fingerprint density at radius 2 is 1.90 bits per heavy atom. The normalized spacial score (nSPS) is 23.3. The molecule has 0 saturated carbocycles. The summed E-state index contributed by atoms with van der Waals surface area (Å²) in [7, 11) is 2.39. The first-order chi connectivity index (χ1) is 15.1.